The summed E-state index contributed by atoms with van der Waals surface area (Å²) in [6.07, 6.45) is 1.38. The number of rotatable bonds is 6. The number of methoxy groups -OCH3 is 1. The van der Waals surface area contributed by atoms with Crippen LogP contribution in [0, 0.1) is 0 Å². The number of carboxylic acid groups (broad SMARTS) is 1. The van der Waals surface area contributed by atoms with Crippen LogP contribution in [0.3, 0.4) is 0 Å². The molecule has 0 spiro atoms. The minimum Gasteiger partial charge on any atom is -0.493 e. The normalized spacial score (nSPS) is 10.1. The van der Waals surface area contributed by atoms with Crippen molar-refractivity contribution in [1.29, 1.82) is 0 Å². The predicted molar refractivity (Wildman–Crippen MR) is 74.0 cm³/mol. The molecule has 2 rings (SSSR count). The molecule has 2 N–H and O–H groups in total. The number of aromatic carboxylic acids is 1. The highest BCUT2D eigenvalue weighted by atomic mass is 16.5. The van der Waals surface area contributed by atoms with Gasteiger partial charge in [0.1, 0.15) is 11.4 Å². The highest BCUT2D eigenvalue weighted by Gasteiger charge is 2.10. The van der Waals surface area contributed by atoms with Crippen LogP contribution in [0.2, 0.25) is 0 Å². The zero-order chi connectivity index (χ0) is 15.2. The largest absolute Gasteiger partial charge is 0.493 e. The number of carbonyl (C=O) groups is 1. The summed E-state index contributed by atoms with van der Waals surface area (Å²) in [5, 5.41) is 8.74. The lowest BCUT2D eigenvalue weighted by Crippen LogP contribution is -2.21. The third kappa shape index (κ3) is 3.59. The number of nitrogens with one attached hydrogen (secondary N) is 1. The first kappa shape index (κ1) is 14.6. The van der Waals surface area contributed by atoms with Crippen LogP contribution in [0.25, 0.3) is 0 Å². The van der Waals surface area contributed by atoms with E-state index in [0.29, 0.717) is 23.7 Å². The molecule has 2 aromatic rings. The van der Waals surface area contributed by atoms with E-state index < -0.39 is 11.5 Å². The molecule has 0 aliphatic heterocycles. The van der Waals surface area contributed by atoms with Gasteiger partial charge in [0, 0.05) is 12.6 Å². The molecule has 0 saturated heterocycles. The Hall–Kier alpha value is -2.83. The van der Waals surface area contributed by atoms with Crippen LogP contribution in [0.15, 0.2) is 35.3 Å². The number of aromatic nitrogens is 2. The Morgan fingerprint density at radius 3 is 2.67 bits per heavy atom. The molecule has 21 heavy (non-hydrogen) atoms. The number of carboxylic acids is 1. The van der Waals surface area contributed by atoms with E-state index in [-0.39, 0.29) is 12.2 Å². The summed E-state index contributed by atoms with van der Waals surface area (Å²) in [6, 6.07) is 7.19. The van der Waals surface area contributed by atoms with Crippen molar-refractivity contribution < 1.29 is 19.4 Å². The van der Waals surface area contributed by atoms with Gasteiger partial charge in [-0.3, -0.25) is 4.79 Å². The van der Waals surface area contributed by atoms with Gasteiger partial charge in [0.25, 0.3) is 5.56 Å². The molecule has 0 unspecified atom stereocenters. The monoisotopic (exact) mass is 290 g/mol. The first-order valence-corrected chi connectivity index (χ1v) is 6.19. The van der Waals surface area contributed by atoms with Crippen LogP contribution in [-0.4, -0.2) is 34.8 Å². The average Bonchev–Trinajstić information content (AvgIpc) is 2.47. The van der Waals surface area contributed by atoms with Crippen molar-refractivity contribution in [3.8, 4) is 11.5 Å². The van der Waals surface area contributed by atoms with E-state index in [4.69, 9.17) is 14.6 Å². The maximum absolute atomic E-state index is 11.5. The van der Waals surface area contributed by atoms with Gasteiger partial charge in [-0.15, -0.1) is 0 Å². The lowest BCUT2D eigenvalue weighted by Gasteiger charge is -2.09. The Bertz CT molecular complexity index is 696. The van der Waals surface area contributed by atoms with Crippen molar-refractivity contribution in [3.63, 3.8) is 0 Å². The average molecular weight is 290 g/mol. The molecule has 0 radical (unpaired) electrons. The van der Waals surface area contributed by atoms with Gasteiger partial charge in [-0.2, -0.15) is 0 Å². The molecule has 7 heteroatoms. The lowest BCUT2D eigenvalue weighted by atomic mass is 10.3. The topological polar surface area (TPSA) is 102 Å². The second-order valence-corrected chi connectivity index (χ2v) is 4.13. The van der Waals surface area contributed by atoms with E-state index in [1.54, 1.807) is 19.2 Å². The Balaban J connectivity index is 1.99. The minimum atomic E-state index is -1.31. The Kier molecular flexibility index (Phi) is 4.55. The van der Waals surface area contributed by atoms with E-state index in [1.165, 1.54) is 0 Å². The van der Waals surface area contributed by atoms with Crippen LogP contribution >= 0.6 is 0 Å². The van der Waals surface area contributed by atoms with E-state index >= 15 is 0 Å². The van der Waals surface area contributed by atoms with Gasteiger partial charge in [-0.1, -0.05) is 12.1 Å². The van der Waals surface area contributed by atoms with E-state index in [1.807, 2.05) is 12.1 Å². The maximum Gasteiger partial charge on any atom is 0.342 e. The summed E-state index contributed by atoms with van der Waals surface area (Å²) < 4.78 is 10.7. The fourth-order valence-corrected chi connectivity index (χ4v) is 1.71. The Morgan fingerprint density at radius 1 is 1.33 bits per heavy atom. The molecular formula is C14H14N2O5. The van der Waals surface area contributed by atoms with Gasteiger partial charge < -0.3 is 19.6 Å². The smallest absolute Gasteiger partial charge is 0.342 e. The third-order valence-corrected chi connectivity index (χ3v) is 2.75. The Labute approximate surface area is 120 Å². The zero-order valence-electron chi connectivity index (χ0n) is 11.3. The first-order chi connectivity index (χ1) is 10.1. The summed E-state index contributed by atoms with van der Waals surface area (Å²) in [7, 11) is 1.55. The molecule has 0 saturated carbocycles. The molecule has 0 bridgehead atoms. The van der Waals surface area contributed by atoms with Gasteiger partial charge in [-0.05, 0) is 12.1 Å². The predicted octanol–water partition coefficient (Wildman–Crippen LogP) is 1.10. The molecule has 0 atom stereocenters. The van der Waals surface area contributed by atoms with E-state index in [9.17, 15) is 9.59 Å². The number of hydrogen-bond donors (Lipinski definition) is 2. The fraction of sp³-hybridized carbons (Fsp3) is 0.214. The summed E-state index contributed by atoms with van der Waals surface area (Å²) in [5.41, 5.74) is -1.06. The van der Waals surface area contributed by atoms with Crippen LogP contribution in [0.1, 0.15) is 16.2 Å². The molecule has 1 heterocycles. The first-order valence-electron chi connectivity index (χ1n) is 6.19. The molecule has 0 amide bonds. The standard InChI is InChI=1S/C14H14N2O5/c1-20-10-4-2-3-5-11(10)21-7-6-12-15-8-9(14(18)19)13(17)16-12/h2-5,8H,6-7H2,1H3,(H,18,19)(H,15,16,17). The molecule has 0 aliphatic rings. The highest BCUT2D eigenvalue weighted by Crippen LogP contribution is 2.25. The summed E-state index contributed by atoms with van der Waals surface area (Å²) in [4.78, 5) is 28.5. The van der Waals surface area contributed by atoms with Crippen molar-refractivity contribution in [2.75, 3.05) is 13.7 Å². The molecular weight excluding hydrogens is 276 g/mol. The minimum absolute atomic E-state index is 0.274. The quantitative estimate of drug-likeness (QED) is 0.826. The Morgan fingerprint density at radius 2 is 2.05 bits per heavy atom. The van der Waals surface area contributed by atoms with E-state index in [2.05, 4.69) is 9.97 Å². The van der Waals surface area contributed by atoms with Crippen molar-refractivity contribution in [2.24, 2.45) is 0 Å². The van der Waals surface area contributed by atoms with Crippen LogP contribution in [-0.2, 0) is 6.42 Å². The highest BCUT2D eigenvalue weighted by molar-refractivity contribution is 5.86. The van der Waals surface area contributed by atoms with Crippen molar-refractivity contribution >= 4 is 5.97 Å². The zero-order valence-corrected chi connectivity index (χ0v) is 11.3. The number of benzene rings is 1. The van der Waals surface area contributed by atoms with Crippen LogP contribution in [0.5, 0.6) is 11.5 Å². The number of H-pyrrole nitrogens is 1. The summed E-state index contributed by atoms with van der Waals surface area (Å²) >= 11 is 0. The summed E-state index contributed by atoms with van der Waals surface area (Å²) in [6.45, 7) is 0.274. The molecule has 7 nitrogen and oxygen atoms in total. The molecule has 110 valence electrons. The second kappa shape index (κ2) is 6.56. The SMILES string of the molecule is COc1ccccc1OCCc1ncc(C(=O)O)c(=O)[nH]1. The van der Waals surface area contributed by atoms with Crippen LogP contribution < -0.4 is 15.0 Å². The van der Waals surface area contributed by atoms with E-state index in [0.717, 1.165) is 6.20 Å². The van der Waals surface area contributed by atoms with Crippen molar-refractivity contribution in [3.05, 3.63) is 52.2 Å². The number of nitrogens with zero attached hydrogens (tertiary/aromatic N) is 1. The second-order valence-electron chi connectivity index (χ2n) is 4.13. The van der Waals surface area contributed by atoms with Crippen molar-refractivity contribution in [2.45, 2.75) is 6.42 Å². The number of ether oxygens (including phenoxy) is 2. The van der Waals surface area contributed by atoms with Gasteiger partial charge >= 0.3 is 5.97 Å². The van der Waals surface area contributed by atoms with Gasteiger partial charge in [0.15, 0.2) is 11.5 Å². The third-order valence-electron chi connectivity index (χ3n) is 2.75. The number of aromatic amines is 1. The van der Waals surface area contributed by atoms with Gasteiger partial charge in [0.05, 0.1) is 13.7 Å². The van der Waals surface area contributed by atoms with Crippen molar-refractivity contribution in [1.82, 2.24) is 9.97 Å². The molecule has 0 fully saturated rings. The lowest BCUT2D eigenvalue weighted by molar-refractivity contribution is 0.0694. The summed E-state index contributed by atoms with van der Waals surface area (Å²) in [5.74, 6) is 0.255. The molecule has 1 aromatic carbocycles. The van der Waals surface area contributed by atoms with Gasteiger partial charge in [0.2, 0.25) is 0 Å². The molecule has 0 aliphatic carbocycles. The van der Waals surface area contributed by atoms with Gasteiger partial charge in [-0.25, -0.2) is 9.78 Å². The maximum atomic E-state index is 11.5. The van der Waals surface area contributed by atoms with Crippen LogP contribution in [0.4, 0.5) is 0 Å². The number of hydrogen-bond acceptors (Lipinski definition) is 5. The fourth-order valence-electron chi connectivity index (χ4n) is 1.71. The molecule has 1 aromatic heterocycles. The number of para-hydroxylation sites is 2.